The molecular weight excluding hydrogens is 513 g/mol. The van der Waals surface area contributed by atoms with Crippen LogP contribution in [-0.4, -0.2) is 40.3 Å². The summed E-state index contributed by atoms with van der Waals surface area (Å²) in [4.78, 5) is 39.2. The maximum atomic E-state index is 14.7. The number of benzene rings is 2. The van der Waals surface area contributed by atoms with Crippen LogP contribution in [0.25, 0.3) is 10.2 Å². The Kier molecular flexibility index (Phi) is 7.03. The molecule has 0 aliphatic heterocycles. The molecule has 0 saturated heterocycles. The van der Waals surface area contributed by atoms with Crippen LogP contribution >= 0.6 is 22.7 Å². The summed E-state index contributed by atoms with van der Waals surface area (Å²) in [6, 6.07) is 6.97. The highest BCUT2D eigenvalue weighted by atomic mass is 32.1. The standard InChI is InChI=1S/C23H18FN3O7S2/c1-10-25-19-11(4-3-5-17(19)36-10)8-34-16-7-13(12(24)6-15(16)33-2)26-23(32)27-14-9-35-20(22(30)31)18(14)21(28)29/h3-7,9H,8H2,1-2H3,(H,28,29)(H,30,31)(H2,26,27,32). The van der Waals surface area contributed by atoms with Gasteiger partial charge in [-0.15, -0.1) is 22.7 Å². The maximum Gasteiger partial charge on any atom is 0.346 e. The lowest BCUT2D eigenvalue weighted by Gasteiger charge is -2.14. The Hall–Kier alpha value is -4.23. The lowest BCUT2D eigenvalue weighted by molar-refractivity contribution is 0.0657. The number of rotatable bonds is 8. The molecule has 10 nitrogen and oxygen atoms in total. The number of anilines is 2. The molecule has 0 fully saturated rings. The normalized spacial score (nSPS) is 10.8. The van der Waals surface area contributed by atoms with Crippen molar-refractivity contribution in [1.82, 2.24) is 4.98 Å². The third-order valence-corrected chi connectivity index (χ3v) is 6.85. The van der Waals surface area contributed by atoms with Crippen molar-refractivity contribution >= 4 is 62.2 Å². The number of ether oxygens (including phenoxy) is 2. The van der Waals surface area contributed by atoms with Gasteiger partial charge >= 0.3 is 18.0 Å². The summed E-state index contributed by atoms with van der Waals surface area (Å²) in [6.45, 7) is 2.00. The van der Waals surface area contributed by atoms with Crippen molar-refractivity contribution in [3.63, 3.8) is 0 Å². The smallest absolute Gasteiger partial charge is 0.346 e. The Balaban J connectivity index is 1.55. The molecule has 0 spiro atoms. The second-order valence-corrected chi connectivity index (χ2v) is 9.43. The van der Waals surface area contributed by atoms with E-state index in [-0.39, 0.29) is 29.5 Å². The molecule has 13 heteroatoms. The molecule has 2 aromatic carbocycles. The molecule has 2 heterocycles. The second-order valence-electron chi connectivity index (χ2n) is 7.31. The summed E-state index contributed by atoms with van der Waals surface area (Å²) >= 11 is 2.19. The average molecular weight is 532 g/mol. The van der Waals surface area contributed by atoms with E-state index in [9.17, 15) is 23.9 Å². The quantitative estimate of drug-likeness (QED) is 0.235. The van der Waals surface area contributed by atoms with Crippen LogP contribution in [0.3, 0.4) is 0 Å². The summed E-state index contributed by atoms with van der Waals surface area (Å²) in [5, 5.41) is 25.1. The van der Waals surface area contributed by atoms with Gasteiger partial charge in [0.2, 0.25) is 0 Å². The highest BCUT2D eigenvalue weighted by Gasteiger charge is 2.24. The van der Waals surface area contributed by atoms with Crippen molar-refractivity contribution in [1.29, 1.82) is 0 Å². The number of carbonyl (C=O) groups excluding carboxylic acids is 1. The first-order valence-corrected chi connectivity index (χ1v) is 11.9. The van der Waals surface area contributed by atoms with Gasteiger partial charge in [0.25, 0.3) is 0 Å². The molecule has 4 aromatic rings. The molecule has 2 aromatic heterocycles. The van der Waals surface area contributed by atoms with Crippen molar-refractivity contribution < 1.29 is 38.5 Å². The van der Waals surface area contributed by atoms with Crippen molar-refractivity contribution in [3.05, 3.63) is 62.5 Å². The Morgan fingerprint density at radius 3 is 2.53 bits per heavy atom. The first-order valence-electron chi connectivity index (χ1n) is 10.2. The SMILES string of the molecule is COc1cc(F)c(NC(=O)Nc2csc(C(=O)O)c2C(=O)O)cc1OCc1cccc2sc(C)nc12. The molecule has 0 aliphatic rings. The number of carbonyl (C=O) groups is 3. The fourth-order valence-electron chi connectivity index (χ4n) is 3.39. The first-order chi connectivity index (χ1) is 17.2. The number of amides is 2. The van der Waals surface area contributed by atoms with Crippen LogP contribution in [0.15, 0.2) is 35.7 Å². The topological polar surface area (TPSA) is 147 Å². The van der Waals surface area contributed by atoms with Crippen molar-refractivity contribution in [2.75, 3.05) is 17.7 Å². The minimum absolute atomic E-state index is 0.0946. The van der Waals surface area contributed by atoms with E-state index in [4.69, 9.17) is 14.6 Å². The number of para-hydroxylation sites is 1. The Morgan fingerprint density at radius 1 is 1.08 bits per heavy atom. The minimum Gasteiger partial charge on any atom is -0.493 e. The summed E-state index contributed by atoms with van der Waals surface area (Å²) < 4.78 is 26.7. The predicted octanol–water partition coefficient (Wildman–Crippen LogP) is 5.43. The summed E-state index contributed by atoms with van der Waals surface area (Å²) in [5.41, 5.74) is 0.525. The van der Waals surface area contributed by atoms with Crippen molar-refractivity contribution in [2.24, 2.45) is 0 Å². The fraction of sp³-hybridized carbons (Fsp3) is 0.130. The number of carboxylic acids is 2. The predicted molar refractivity (Wildman–Crippen MR) is 133 cm³/mol. The second kappa shape index (κ2) is 10.2. The number of aromatic nitrogens is 1. The highest BCUT2D eigenvalue weighted by molar-refractivity contribution is 7.18. The van der Waals surface area contributed by atoms with E-state index in [1.807, 2.05) is 25.1 Å². The molecule has 4 rings (SSSR count). The molecule has 0 aliphatic carbocycles. The van der Waals surface area contributed by atoms with Crippen LogP contribution in [0.5, 0.6) is 11.5 Å². The fourth-order valence-corrected chi connectivity index (χ4v) is 5.09. The number of halogens is 1. The molecule has 36 heavy (non-hydrogen) atoms. The van der Waals surface area contributed by atoms with Crippen LogP contribution in [0, 0.1) is 12.7 Å². The number of thiophene rings is 1. The monoisotopic (exact) mass is 531 g/mol. The maximum absolute atomic E-state index is 14.7. The highest BCUT2D eigenvalue weighted by Crippen LogP contribution is 2.35. The Labute approximate surface area is 210 Å². The van der Waals surface area contributed by atoms with Gasteiger partial charge < -0.3 is 30.3 Å². The van der Waals surface area contributed by atoms with Gasteiger partial charge in [0.15, 0.2) is 17.3 Å². The van der Waals surface area contributed by atoms with E-state index in [0.717, 1.165) is 26.9 Å². The Morgan fingerprint density at radius 2 is 1.83 bits per heavy atom. The zero-order valence-corrected chi connectivity index (χ0v) is 20.4. The minimum atomic E-state index is -1.53. The van der Waals surface area contributed by atoms with Crippen LogP contribution < -0.4 is 20.1 Å². The zero-order valence-electron chi connectivity index (χ0n) is 18.7. The molecule has 4 N–H and O–H groups in total. The molecular formula is C23H18FN3O7S2. The molecule has 0 radical (unpaired) electrons. The molecule has 186 valence electrons. The average Bonchev–Trinajstić information content (AvgIpc) is 3.42. The number of aromatic carboxylic acids is 2. The number of carboxylic acid groups (broad SMARTS) is 2. The molecule has 0 bridgehead atoms. The van der Waals surface area contributed by atoms with Gasteiger partial charge in [0.05, 0.1) is 33.7 Å². The van der Waals surface area contributed by atoms with Gasteiger partial charge in [-0.25, -0.2) is 23.8 Å². The number of nitrogens with zero attached hydrogens (tertiary/aromatic N) is 1. The van der Waals surface area contributed by atoms with Gasteiger partial charge in [-0.05, 0) is 13.0 Å². The van der Waals surface area contributed by atoms with E-state index >= 15 is 0 Å². The van der Waals surface area contributed by atoms with Crippen molar-refractivity contribution in [2.45, 2.75) is 13.5 Å². The van der Waals surface area contributed by atoms with Gasteiger partial charge in [0, 0.05) is 23.1 Å². The van der Waals surface area contributed by atoms with Gasteiger partial charge in [-0.2, -0.15) is 0 Å². The van der Waals surface area contributed by atoms with E-state index in [0.29, 0.717) is 11.3 Å². The van der Waals surface area contributed by atoms with Gasteiger partial charge in [0.1, 0.15) is 17.0 Å². The van der Waals surface area contributed by atoms with Crippen molar-refractivity contribution in [3.8, 4) is 11.5 Å². The third-order valence-electron chi connectivity index (χ3n) is 4.94. The lowest BCUT2D eigenvalue weighted by Crippen LogP contribution is -2.21. The zero-order chi connectivity index (χ0) is 26.0. The number of thiazole rings is 1. The van der Waals surface area contributed by atoms with E-state index in [1.165, 1.54) is 18.6 Å². The number of nitrogens with one attached hydrogen (secondary N) is 2. The molecule has 0 unspecified atom stereocenters. The Bertz CT molecular complexity index is 1500. The number of aryl methyl sites for hydroxylation is 1. The van der Waals surface area contributed by atoms with Crippen LogP contribution in [0.4, 0.5) is 20.6 Å². The van der Waals surface area contributed by atoms with E-state index < -0.39 is 34.2 Å². The summed E-state index contributed by atoms with van der Waals surface area (Å²) in [5.74, 6) is -3.57. The number of methoxy groups -OCH3 is 1. The lowest BCUT2D eigenvalue weighted by atomic mass is 10.2. The van der Waals surface area contributed by atoms with E-state index in [2.05, 4.69) is 15.6 Å². The number of hydrogen-bond donors (Lipinski definition) is 4. The molecule has 2 amide bonds. The number of urea groups is 1. The van der Waals surface area contributed by atoms with Crippen LogP contribution in [-0.2, 0) is 6.61 Å². The third kappa shape index (κ3) is 5.06. The number of fused-ring (bicyclic) bond motifs is 1. The largest absolute Gasteiger partial charge is 0.493 e. The van der Waals surface area contributed by atoms with Crippen LogP contribution in [0.1, 0.15) is 30.6 Å². The van der Waals surface area contributed by atoms with E-state index in [1.54, 1.807) is 11.3 Å². The first kappa shape index (κ1) is 24.9. The van der Waals surface area contributed by atoms with Gasteiger partial charge in [-0.3, -0.25) is 0 Å². The molecule has 0 atom stereocenters. The summed E-state index contributed by atoms with van der Waals surface area (Å²) in [6.07, 6.45) is 0. The number of hydrogen-bond acceptors (Lipinski definition) is 8. The van der Waals surface area contributed by atoms with Gasteiger partial charge in [-0.1, -0.05) is 12.1 Å². The molecule has 0 saturated carbocycles. The summed E-state index contributed by atoms with van der Waals surface area (Å²) in [7, 11) is 1.34. The van der Waals surface area contributed by atoms with Crippen LogP contribution in [0.2, 0.25) is 0 Å².